The van der Waals surface area contributed by atoms with Crippen LogP contribution in [0.2, 0.25) is 0 Å². The quantitative estimate of drug-likeness (QED) is 0.140. The molecule has 2 atom stereocenters. The number of fused-ring (bicyclic) bond motifs is 2. The molecule has 196 valence electrons. The summed E-state index contributed by atoms with van der Waals surface area (Å²) in [6.07, 6.45) is 5.16. The molecule has 5 rings (SSSR count). The molecule has 1 fully saturated rings. The van der Waals surface area contributed by atoms with Gasteiger partial charge in [0.1, 0.15) is 31.3 Å². The second-order valence-electron chi connectivity index (χ2n) is 7.43. The molecule has 3 aromatic heterocycles. The van der Waals surface area contributed by atoms with E-state index in [2.05, 4.69) is 24.9 Å². The highest BCUT2D eigenvalue weighted by molar-refractivity contribution is 8.00. The molecule has 3 N–H and O–H groups in total. The summed E-state index contributed by atoms with van der Waals surface area (Å²) in [7, 11) is 1.25. The maximum absolute atomic E-state index is 13.0. The summed E-state index contributed by atoms with van der Waals surface area (Å²) in [6.45, 7) is 0.230. The van der Waals surface area contributed by atoms with Crippen LogP contribution in [0.15, 0.2) is 47.1 Å². The Balaban J connectivity index is 0.00000190. The summed E-state index contributed by atoms with van der Waals surface area (Å²) >= 11 is 2.21. The van der Waals surface area contributed by atoms with Crippen LogP contribution in [0.3, 0.4) is 0 Å². The topological polar surface area (TPSA) is 184 Å². The second-order valence-corrected chi connectivity index (χ2v) is 9.32. The van der Waals surface area contributed by atoms with E-state index < -0.39 is 29.2 Å². The van der Waals surface area contributed by atoms with Crippen LogP contribution in [-0.4, -0.2) is 71.6 Å². The van der Waals surface area contributed by atoms with Gasteiger partial charge >= 0.3 is 5.65 Å². The number of imidazole rings is 1. The van der Waals surface area contributed by atoms with E-state index in [1.54, 1.807) is 29.2 Å². The lowest BCUT2D eigenvalue weighted by Gasteiger charge is -2.50. The number of rotatable bonds is 7. The van der Waals surface area contributed by atoms with Gasteiger partial charge in [0.15, 0.2) is 11.3 Å². The van der Waals surface area contributed by atoms with E-state index in [0.717, 1.165) is 22.1 Å². The van der Waals surface area contributed by atoms with Crippen molar-refractivity contribution in [3.8, 4) is 0 Å². The van der Waals surface area contributed by atoms with Gasteiger partial charge in [-0.1, -0.05) is 10.3 Å². The number of β-lactam (4-membered cyclic amide) rings is 1. The molecule has 18 heteroatoms. The van der Waals surface area contributed by atoms with E-state index in [0.29, 0.717) is 11.3 Å². The Kier molecular flexibility index (Phi) is 8.57. The van der Waals surface area contributed by atoms with Crippen molar-refractivity contribution in [2.75, 3.05) is 18.6 Å². The molecule has 0 saturated carbocycles. The Bertz CT molecular complexity index is 1430. The number of carboxylic acid groups (broad SMARTS) is 1. The van der Waals surface area contributed by atoms with Gasteiger partial charge < -0.3 is 25.8 Å². The van der Waals surface area contributed by atoms with Crippen LogP contribution in [0.1, 0.15) is 5.82 Å². The fraction of sp³-hybridized carbons (Fsp3) is 0.263. The first-order valence-corrected chi connectivity index (χ1v) is 11.9. The zero-order valence-electron chi connectivity index (χ0n) is 18.8. The number of anilines is 1. The highest BCUT2D eigenvalue weighted by Crippen LogP contribution is 2.40. The van der Waals surface area contributed by atoms with Gasteiger partial charge in [-0.3, -0.25) is 14.5 Å². The number of carbonyl (C=O) groups excluding carboxylic acids is 3. The number of nitrogens with zero attached hydrogens (tertiary/aromatic N) is 7. The van der Waals surface area contributed by atoms with Crippen molar-refractivity contribution in [1.29, 1.82) is 0 Å². The van der Waals surface area contributed by atoms with E-state index in [1.165, 1.54) is 18.9 Å². The summed E-state index contributed by atoms with van der Waals surface area (Å²) in [5.74, 6) is -2.53. The molecule has 0 aromatic carbocycles. The van der Waals surface area contributed by atoms with Crippen molar-refractivity contribution in [2.24, 2.45) is 5.16 Å². The monoisotopic (exact) mass is 587 g/mol. The molecule has 3 aromatic rings. The fourth-order valence-electron chi connectivity index (χ4n) is 3.89. The molecule has 2 aliphatic rings. The van der Waals surface area contributed by atoms with Crippen LogP contribution in [0, 0.1) is 0 Å². The summed E-state index contributed by atoms with van der Waals surface area (Å²) in [5, 5.41) is 22.0. The lowest BCUT2D eigenvalue weighted by atomic mass is 10.0. The van der Waals surface area contributed by atoms with Gasteiger partial charge in [-0.25, -0.2) is 4.57 Å². The first kappa shape index (κ1) is 28.1. The zero-order valence-corrected chi connectivity index (χ0v) is 22.1. The van der Waals surface area contributed by atoms with Gasteiger partial charge in [0, 0.05) is 28.9 Å². The predicted molar refractivity (Wildman–Crippen MR) is 135 cm³/mol. The number of halogens is 2. The van der Waals surface area contributed by atoms with Crippen molar-refractivity contribution in [2.45, 2.75) is 18.0 Å². The number of amides is 2. The number of hydrogen-bond acceptors (Lipinski definition) is 12. The number of carbonyl (C=O) groups is 3. The van der Waals surface area contributed by atoms with Crippen molar-refractivity contribution in [3.63, 3.8) is 0 Å². The number of carboxylic acids is 1. The largest absolute Gasteiger partial charge is 0.543 e. The van der Waals surface area contributed by atoms with Crippen LogP contribution in [-0.2, 0) is 25.8 Å². The first-order valence-electron chi connectivity index (χ1n) is 10.1. The number of nitrogen functional groups attached to an aromatic ring is 1. The third kappa shape index (κ3) is 5.04. The minimum absolute atomic E-state index is 0. The molecule has 2 amide bonds. The standard InChI is InChI=1S/C19H17N9O5S2.2ClH/c1-33-24-11(14-23-19(20)35-25-14)15(29)22-12-16(30)28-13(18(31)32)9(8-34-17(12)28)7-26-5-6-27-10(26)3-2-4-21-27;;/h2-6,12,17H,7-8H2,1H3,(H3-,20,22,23,25,29,31,32);2*1H/b24-11+;;/t12-,17-;;/m1../s1. The van der Waals surface area contributed by atoms with Crippen LogP contribution in [0.4, 0.5) is 5.13 Å². The summed E-state index contributed by atoms with van der Waals surface area (Å²) < 4.78 is 7.43. The van der Waals surface area contributed by atoms with E-state index >= 15 is 0 Å². The number of thioether (sulfide) groups is 1. The molecule has 14 nitrogen and oxygen atoms in total. The molecule has 0 radical (unpaired) electrons. The lowest BCUT2D eigenvalue weighted by molar-refractivity contribution is -0.662. The van der Waals surface area contributed by atoms with Gasteiger partial charge in [0.05, 0.1) is 17.9 Å². The van der Waals surface area contributed by atoms with Crippen molar-refractivity contribution < 1.29 is 28.9 Å². The smallest absolute Gasteiger partial charge is 0.307 e. The van der Waals surface area contributed by atoms with E-state index in [-0.39, 0.29) is 53.7 Å². The molecular formula is C19H19Cl2N9O5S2. The zero-order chi connectivity index (χ0) is 24.7. The molecule has 5 heterocycles. The number of nitrogens with two attached hydrogens (primary N) is 1. The van der Waals surface area contributed by atoms with Gasteiger partial charge in [-0.15, -0.1) is 41.1 Å². The summed E-state index contributed by atoms with van der Waals surface area (Å²) in [6, 6.07) is 2.64. The van der Waals surface area contributed by atoms with Crippen LogP contribution < -0.4 is 20.7 Å². The maximum Gasteiger partial charge on any atom is 0.307 e. The van der Waals surface area contributed by atoms with Crippen LogP contribution in [0.25, 0.3) is 5.65 Å². The second kappa shape index (κ2) is 11.3. The minimum atomic E-state index is -1.46. The Morgan fingerprint density at radius 1 is 1.41 bits per heavy atom. The van der Waals surface area contributed by atoms with Gasteiger partial charge in [0.25, 0.3) is 11.8 Å². The average Bonchev–Trinajstić information content (AvgIpc) is 3.46. The van der Waals surface area contributed by atoms with Crippen molar-refractivity contribution >= 4 is 82.4 Å². The number of aliphatic carboxylic acids is 1. The Morgan fingerprint density at radius 3 is 2.86 bits per heavy atom. The third-order valence-electron chi connectivity index (χ3n) is 5.38. The minimum Gasteiger partial charge on any atom is -0.543 e. The Hall–Kier alpha value is -3.47. The van der Waals surface area contributed by atoms with Crippen molar-refractivity contribution in [3.05, 3.63) is 47.8 Å². The molecule has 2 aliphatic heterocycles. The SMILES string of the molecule is CO/N=C(/C(=O)N[C@@H]1C(=O)N2C(C(=O)[O-])=C(C[n+]3ccn4ncccc43)CS[C@H]12)c1nsc(N)n1.Cl.Cl. The van der Waals surface area contributed by atoms with Crippen molar-refractivity contribution in [1.82, 2.24) is 29.2 Å². The van der Waals surface area contributed by atoms with Crippen LogP contribution in [0.5, 0.6) is 0 Å². The average molecular weight is 588 g/mol. The fourth-order valence-corrected chi connectivity index (χ4v) is 5.66. The molecule has 0 aliphatic carbocycles. The molecule has 37 heavy (non-hydrogen) atoms. The predicted octanol–water partition coefficient (Wildman–Crippen LogP) is -1.65. The molecular weight excluding hydrogens is 569 g/mol. The summed E-state index contributed by atoms with van der Waals surface area (Å²) in [5.41, 5.74) is 6.39. The number of nitrogens with one attached hydrogen (secondary N) is 1. The van der Waals surface area contributed by atoms with Gasteiger partial charge in [0.2, 0.25) is 11.5 Å². The highest BCUT2D eigenvalue weighted by Gasteiger charge is 2.53. The third-order valence-corrected chi connectivity index (χ3v) is 7.26. The molecule has 0 unspecified atom stereocenters. The lowest BCUT2D eigenvalue weighted by Crippen LogP contribution is -2.71. The first-order chi connectivity index (χ1) is 16.9. The number of aromatic nitrogens is 5. The normalized spacial score (nSPS) is 18.9. The van der Waals surface area contributed by atoms with Gasteiger partial charge in [-0.05, 0) is 6.07 Å². The van der Waals surface area contributed by atoms with E-state index in [4.69, 9.17) is 10.6 Å². The Labute approximate surface area is 229 Å². The molecule has 0 spiro atoms. The number of hydrogen-bond donors (Lipinski definition) is 2. The van der Waals surface area contributed by atoms with Crippen LogP contribution >= 0.6 is 48.1 Å². The van der Waals surface area contributed by atoms with Gasteiger partial charge in [-0.2, -0.15) is 9.36 Å². The highest BCUT2D eigenvalue weighted by atomic mass is 35.5. The Morgan fingerprint density at radius 2 is 2.19 bits per heavy atom. The van der Waals surface area contributed by atoms with E-state index in [9.17, 15) is 19.5 Å². The summed E-state index contributed by atoms with van der Waals surface area (Å²) in [4.78, 5) is 47.6. The molecule has 1 saturated heterocycles. The number of oxime groups is 1. The maximum atomic E-state index is 13.0. The van der Waals surface area contributed by atoms with E-state index in [1.807, 2.05) is 10.6 Å². The molecule has 0 bridgehead atoms.